The predicted octanol–water partition coefficient (Wildman–Crippen LogP) is 2.47. The maximum Gasteiger partial charge on any atom is 0.159 e. The Morgan fingerprint density at radius 2 is 2.06 bits per heavy atom. The minimum Gasteiger partial charge on any atom is -0.334 e. The molecule has 0 aliphatic rings. The molecule has 0 amide bonds. The zero-order valence-electron chi connectivity index (χ0n) is 10.2. The number of halogens is 2. The molecule has 5 heteroatoms. The summed E-state index contributed by atoms with van der Waals surface area (Å²) in [6.45, 7) is 3.98. The molecule has 0 radical (unpaired) electrons. The van der Waals surface area contributed by atoms with E-state index in [-0.39, 0.29) is 0 Å². The number of hydrogen-bond acceptors (Lipinski definition) is 2. The number of nitrogens with one attached hydrogen (secondary N) is 1. The number of hydrogen-bond donors (Lipinski definition) is 1. The molecule has 3 nitrogen and oxygen atoms in total. The summed E-state index contributed by atoms with van der Waals surface area (Å²) in [5, 5.41) is 3.15. The fraction of sp³-hybridized carbons (Fsp3) is 0.308. The second-order valence-corrected chi connectivity index (χ2v) is 3.98. The van der Waals surface area contributed by atoms with Crippen LogP contribution in [0.1, 0.15) is 18.3 Å². The van der Waals surface area contributed by atoms with Crippen LogP contribution in [0.4, 0.5) is 8.78 Å². The second kappa shape index (κ2) is 5.73. The first-order chi connectivity index (χ1) is 8.70. The molecule has 18 heavy (non-hydrogen) atoms. The predicted molar refractivity (Wildman–Crippen MR) is 64.8 cm³/mol. The summed E-state index contributed by atoms with van der Waals surface area (Å²) in [7, 11) is 0. The lowest BCUT2D eigenvalue weighted by atomic mass is 10.2. The molecule has 2 aromatic rings. The van der Waals surface area contributed by atoms with Crippen molar-refractivity contribution in [3.05, 3.63) is 53.6 Å². The van der Waals surface area contributed by atoms with Gasteiger partial charge < -0.3 is 9.88 Å². The van der Waals surface area contributed by atoms with Gasteiger partial charge in [-0.3, -0.25) is 0 Å². The van der Waals surface area contributed by atoms with Gasteiger partial charge in [0.2, 0.25) is 0 Å². The molecule has 0 fully saturated rings. The quantitative estimate of drug-likeness (QED) is 0.884. The summed E-state index contributed by atoms with van der Waals surface area (Å²) < 4.78 is 27.7. The van der Waals surface area contributed by atoms with Gasteiger partial charge in [0.25, 0.3) is 0 Å². The van der Waals surface area contributed by atoms with Gasteiger partial charge in [-0.1, -0.05) is 6.07 Å². The Bertz CT molecular complexity index is 523. The number of rotatable bonds is 5. The Balaban J connectivity index is 1.90. The standard InChI is InChI=1S/C13H15F2N3/c1-2-18-6-5-17-13(18)9-16-8-10-3-4-11(14)12(15)7-10/h3-7,16H,2,8-9H2,1H3. The molecule has 0 aliphatic carbocycles. The average molecular weight is 251 g/mol. The first-order valence-electron chi connectivity index (χ1n) is 5.85. The van der Waals surface area contributed by atoms with E-state index in [0.717, 1.165) is 18.4 Å². The van der Waals surface area contributed by atoms with Crippen LogP contribution in [0.3, 0.4) is 0 Å². The molecule has 96 valence electrons. The highest BCUT2D eigenvalue weighted by Gasteiger charge is 2.03. The van der Waals surface area contributed by atoms with Gasteiger partial charge in [0.1, 0.15) is 5.82 Å². The van der Waals surface area contributed by atoms with Gasteiger partial charge in [-0.05, 0) is 24.6 Å². The summed E-state index contributed by atoms with van der Waals surface area (Å²) in [5.74, 6) is -0.704. The van der Waals surface area contributed by atoms with Crippen LogP contribution in [-0.4, -0.2) is 9.55 Å². The molecular formula is C13H15F2N3. The number of aromatic nitrogens is 2. The molecule has 2 rings (SSSR count). The van der Waals surface area contributed by atoms with E-state index in [9.17, 15) is 8.78 Å². The van der Waals surface area contributed by atoms with Gasteiger partial charge in [0.05, 0.1) is 6.54 Å². The van der Waals surface area contributed by atoms with E-state index in [1.54, 1.807) is 12.3 Å². The first-order valence-corrected chi connectivity index (χ1v) is 5.85. The highest BCUT2D eigenvalue weighted by Crippen LogP contribution is 2.08. The molecule has 0 spiro atoms. The van der Waals surface area contributed by atoms with Gasteiger partial charge in [0.15, 0.2) is 11.6 Å². The largest absolute Gasteiger partial charge is 0.334 e. The topological polar surface area (TPSA) is 29.9 Å². The zero-order chi connectivity index (χ0) is 13.0. The lowest BCUT2D eigenvalue weighted by Gasteiger charge is -2.07. The smallest absolute Gasteiger partial charge is 0.159 e. The summed E-state index contributed by atoms with van der Waals surface area (Å²) in [4.78, 5) is 4.22. The summed E-state index contributed by atoms with van der Waals surface area (Å²) in [5.41, 5.74) is 0.712. The van der Waals surface area contributed by atoms with E-state index in [1.807, 2.05) is 17.7 Å². The number of nitrogens with zero attached hydrogens (tertiary/aromatic N) is 2. The van der Waals surface area contributed by atoms with Crippen molar-refractivity contribution in [2.24, 2.45) is 0 Å². The van der Waals surface area contributed by atoms with Gasteiger partial charge >= 0.3 is 0 Å². The number of aryl methyl sites for hydroxylation is 1. The molecule has 1 N–H and O–H groups in total. The minimum absolute atomic E-state index is 0.480. The summed E-state index contributed by atoms with van der Waals surface area (Å²) >= 11 is 0. The van der Waals surface area contributed by atoms with E-state index in [2.05, 4.69) is 10.3 Å². The lowest BCUT2D eigenvalue weighted by Crippen LogP contribution is -2.16. The Kier molecular flexibility index (Phi) is 4.04. The normalized spacial score (nSPS) is 10.8. The molecule has 0 saturated carbocycles. The van der Waals surface area contributed by atoms with Gasteiger partial charge in [0, 0.05) is 25.5 Å². The lowest BCUT2D eigenvalue weighted by molar-refractivity contribution is 0.505. The number of benzene rings is 1. The van der Waals surface area contributed by atoms with Crippen LogP contribution < -0.4 is 5.32 Å². The van der Waals surface area contributed by atoms with Crippen LogP contribution in [0.25, 0.3) is 0 Å². The second-order valence-electron chi connectivity index (χ2n) is 3.98. The third kappa shape index (κ3) is 2.92. The van der Waals surface area contributed by atoms with Crippen molar-refractivity contribution in [1.82, 2.24) is 14.9 Å². The molecule has 1 aromatic heterocycles. The Labute approximate surface area is 104 Å². The van der Waals surface area contributed by atoms with Crippen molar-refractivity contribution < 1.29 is 8.78 Å². The van der Waals surface area contributed by atoms with E-state index >= 15 is 0 Å². The van der Waals surface area contributed by atoms with Crippen LogP contribution in [0, 0.1) is 11.6 Å². The Morgan fingerprint density at radius 1 is 1.22 bits per heavy atom. The molecule has 0 saturated heterocycles. The van der Waals surface area contributed by atoms with E-state index < -0.39 is 11.6 Å². The van der Waals surface area contributed by atoms with Crippen molar-refractivity contribution >= 4 is 0 Å². The highest BCUT2D eigenvalue weighted by molar-refractivity contribution is 5.17. The van der Waals surface area contributed by atoms with Crippen molar-refractivity contribution in [3.8, 4) is 0 Å². The van der Waals surface area contributed by atoms with E-state index in [1.165, 1.54) is 6.07 Å². The molecule has 1 aromatic carbocycles. The number of imidazole rings is 1. The monoisotopic (exact) mass is 251 g/mol. The molecule has 0 unspecified atom stereocenters. The van der Waals surface area contributed by atoms with Crippen LogP contribution in [-0.2, 0) is 19.6 Å². The summed E-state index contributed by atoms with van der Waals surface area (Å²) in [6.07, 6.45) is 3.66. The third-order valence-corrected chi connectivity index (χ3v) is 2.74. The zero-order valence-corrected chi connectivity index (χ0v) is 10.2. The summed E-state index contributed by atoms with van der Waals surface area (Å²) in [6, 6.07) is 3.91. The SMILES string of the molecule is CCn1ccnc1CNCc1ccc(F)c(F)c1. The van der Waals surface area contributed by atoms with Gasteiger partial charge in [-0.25, -0.2) is 13.8 Å². The molecule has 0 atom stereocenters. The van der Waals surface area contributed by atoms with Crippen LogP contribution in [0.2, 0.25) is 0 Å². The van der Waals surface area contributed by atoms with Crippen LogP contribution >= 0.6 is 0 Å². The highest BCUT2D eigenvalue weighted by atomic mass is 19.2. The Morgan fingerprint density at radius 3 is 2.78 bits per heavy atom. The minimum atomic E-state index is -0.819. The van der Waals surface area contributed by atoms with Crippen LogP contribution in [0.15, 0.2) is 30.6 Å². The Hall–Kier alpha value is -1.75. The van der Waals surface area contributed by atoms with Crippen molar-refractivity contribution in [2.45, 2.75) is 26.6 Å². The van der Waals surface area contributed by atoms with Gasteiger partial charge in [-0.15, -0.1) is 0 Å². The van der Waals surface area contributed by atoms with Crippen molar-refractivity contribution in [3.63, 3.8) is 0 Å². The van der Waals surface area contributed by atoms with Crippen LogP contribution in [0.5, 0.6) is 0 Å². The average Bonchev–Trinajstić information content (AvgIpc) is 2.81. The fourth-order valence-electron chi connectivity index (χ4n) is 1.76. The van der Waals surface area contributed by atoms with E-state index in [4.69, 9.17) is 0 Å². The molecular weight excluding hydrogens is 236 g/mol. The first kappa shape index (κ1) is 12.7. The van der Waals surface area contributed by atoms with Crippen molar-refractivity contribution in [2.75, 3.05) is 0 Å². The maximum atomic E-state index is 13.0. The molecule has 0 bridgehead atoms. The molecule has 1 heterocycles. The third-order valence-electron chi connectivity index (χ3n) is 2.74. The van der Waals surface area contributed by atoms with Gasteiger partial charge in [-0.2, -0.15) is 0 Å². The van der Waals surface area contributed by atoms with E-state index in [0.29, 0.717) is 18.7 Å². The fourth-order valence-corrected chi connectivity index (χ4v) is 1.76. The van der Waals surface area contributed by atoms with Crippen molar-refractivity contribution in [1.29, 1.82) is 0 Å². The molecule has 0 aliphatic heterocycles. The maximum absolute atomic E-state index is 13.0.